The van der Waals surface area contributed by atoms with Crippen LogP contribution in [0.5, 0.6) is 0 Å². The molecule has 2 N–H and O–H groups in total. The molecule has 5 heteroatoms. The molecule has 0 saturated heterocycles. The van der Waals surface area contributed by atoms with Crippen molar-refractivity contribution >= 4 is 11.6 Å². The number of amides is 1. The van der Waals surface area contributed by atoms with Crippen molar-refractivity contribution in [2.24, 2.45) is 0 Å². The smallest absolute Gasteiger partial charge is 0.235 e. The molecule has 2 aliphatic rings. The van der Waals surface area contributed by atoms with Gasteiger partial charge in [0.15, 0.2) is 0 Å². The maximum atomic E-state index is 14.9. The summed E-state index contributed by atoms with van der Waals surface area (Å²) < 4.78 is 28.2. The number of carbonyl (C=O) groups excluding carboxylic acids is 1. The van der Waals surface area contributed by atoms with Crippen LogP contribution in [0.2, 0.25) is 0 Å². The van der Waals surface area contributed by atoms with Gasteiger partial charge in [0.05, 0.1) is 11.1 Å². The average molecular weight is 356 g/mol. The second kappa shape index (κ2) is 6.80. The molecule has 0 spiro atoms. The third-order valence-electron chi connectivity index (χ3n) is 5.74. The number of hydrogen-bond donors (Lipinski definition) is 2. The first-order chi connectivity index (χ1) is 12.6. The maximum Gasteiger partial charge on any atom is 0.235 e. The molecule has 1 amide bonds. The molecule has 1 aliphatic carbocycles. The Kier molecular flexibility index (Phi) is 4.49. The summed E-state index contributed by atoms with van der Waals surface area (Å²) in [5.41, 5.74) is 1.96. The van der Waals surface area contributed by atoms with Crippen molar-refractivity contribution in [1.82, 2.24) is 5.32 Å². The molecule has 136 valence electrons. The maximum absolute atomic E-state index is 14.9. The Morgan fingerprint density at radius 1 is 1.04 bits per heavy atom. The average Bonchev–Trinajstić information content (AvgIpc) is 3.16. The van der Waals surface area contributed by atoms with Crippen molar-refractivity contribution in [1.29, 1.82) is 0 Å². The number of nitrogens with one attached hydrogen (secondary N) is 2. The van der Waals surface area contributed by atoms with Crippen molar-refractivity contribution in [2.45, 2.75) is 44.1 Å². The van der Waals surface area contributed by atoms with Gasteiger partial charge in [0.1, 0.15) is 11.6 Å². The Morgan fingerprint density at radius 3 is 2.50 bits per heavy atom. The van der Waals surface area contributed by atoms with Crippen molar-refractivity contribution in [3.05, 3.63) is 64.7 Å². The number of carbonyl (C=O) groups is 1. The highest BCUT2D eigenvalue weighted by Gasteiger charge is 2.43. The molecule has 0 atom stereocenters. The first-order valence-electron chi connectivity index (χ1n) is 9.19. The van der Waals surface area contributed by atoms with Crippen LogP contribution < -0.4 is 10.6 Å². The van der Waals surface area contributed by atoms with Crippen LogP contribution >= 0.6 is 0 Å². The van der Waals surface area contributed by atoms with Gasteiger partial charge in [-0.1, -0.05) is 31.0 Å². The lowest BCUT2D eigenvalue weighted by Gasteiger charge is -2.29. The zero-order valence-electron chi connectivity index (χ0n) is 14.6. The van der Waals surface area contributed by atoms with Gasteiger partial charge >= 0.3 is 0 Å². The predicted molar refractivity (Wildman–Crippen MR) is 97.0 cm³/mol. The highest BCUT2D eigenvalue weighted by atomic mass is 19.1. The van der Waals surface area contributed by atoms with E-state index in [1.54, 1.807) is 18.2 Å². The minimum Gasteiger partial charge on any atom is -0.323 e. The van der Waals surface area contributed by atoms with Gasteiger partial charge in [-0.2, -0.15) is 0 Å². The van der Waals surface area contributed by atoms with Crippen LogP contribution in [0.1, 0.15) is 42.4 Å². The predicted octanol–water partition coefficient (Wildman–Crippen LogP) is 4.06. The SMILES string of the molecule is O=C(Nc1ccc2c(c1F)CCNC2)C1(c2ccc(F)cc2)CCCC1. The summed E-state index contributed by atoms with van der Waals surface area (Å²) in [7, 11) is 0. The Hall–Kier alpha value is -2.27. The summed E-state index contributed by atoms with van der Waals surface area (Å²) in [5, 5.41) is 6.05. The summed E-state index contributed by atoms with van der Waals surface area (Å²) in [6.45, 7) is 1.39. The number of rotatable bonds is 3. The molecule has 26 heavy (non-hydrogen) atoms. The van der Waals surface area contributed by atoms with Crippen LogP contribution in [0.3, 0.4) is 0 Å². The normalized spacial score (nSPS) is 18.4. The molecule has 0 aromatic heterocycles. The van der Waals surface area contributed by atoms with Crippen LogP contribution in [0.25, 0.3) is 0 Å². The number of halogens is 2. The molecule has 2 aromatic rings. The Bertz CT molecular complexity index is 827. The van der Waals surface area contributed by atoms with E-state index in [0.717, 1.165) is 30.5 Å². The van der Waals surface area contributed by atoms with Gasteiger partial charge in [0.2, 0.25) is 5.91 Å². The molecule has 1 aliphatic heterocycles. The van der Waals surface area contributed by atoms with Gasteiger partial charge < -0.3 is 10.6 Å². The molecule has 0 unspecified atom stereocenters. The fourth-order valence-electron chi connectivity index (χ4n) is 4.27. The van der Waals surface area contributed by atoms with Gasteiger partial charge in [0, 0.05) is 6.54 Å². The van der Waals surface area contributed by atoms with E-state index >= 15 is 0 Å². The first kappa shape index (κ1) is 17.2. The first-order valence-corrected chi connectivity index (χ1v) is 9.19. The highest BCUT2D eigenvalue weighted by molar-refractivity contribution is 5.99. The van der Waals surface area contributed by atoms with Crippen molar-refractivity contribution in [3.8, 4) is 0 Å². The lowest BCUT2D eigenvalue weighted by Crippen LogP contribution is -2.38. The molecule has 1 saturated carbocycles. The van der Waals surface area contributed by atoms with Crippen LogP contribution in [-0.2, 0) is 23.2 Å². The molecule has 1 heterocycles. The van der Waals surface area contributed by atoms with Crippen LogP contribution in [-0.4, -0.2) is 12.5 Å². The van der Waals surface area contributed by atoms with Crippen molar-refractivity contribution in [2.75, 3.05) is 11.9 Å². The summed E-state index contributed by atoms with van der Waals surface area (Å²) in [4.78, 5) is 13.2. The van der Waals surface area contributed by atoms with E-state index in [1.165, 1.54) is 12.1 Å². The summed E-state index contributed by atoms with van der Waals surface area (Å²) in [6.07, 6.45) is 3.88. The molecule has 2 aromatic carbocycles. The molecule has 0 bridgehead atoms. The Balaban J connectivity index is 1.65. The molecular formula is C21H22F2N2O. The Morgan fingerprint density at radius 2 is 1.77 bits per heavy atom. The monoisotopic (exact) mass is 356 g/mol. The number of benzene rings is 2. The molecule has 1 fully saturated rings. The number of anilines is 1. The lowest BCUT2D eigenvalue weighted by molar-refractivity contribution is -0.121. The quantitative estimate of drug-likeness (QED) is 0.871. The van der Waals surface area contributed by atoms with Crippen LogP contribution in [0.15, 0.2) is 36.4 Å². The number of hydrogen-bond acceptors (Lipinski definition) is 2. The lowest BCUT2D eigenvalue weighted by atomic mass is 9.78. The van der Waals surface area contributed by atoms with Gasteiger partial charge in [-0.05, 0) is 60.7 Å². The summed E-state index contributed by atoms with van der Waals surface area (Å²) in [5.74, 6) is -0.851. The van der Waals surface area contributed by atoms with E-state index in [4.69, 9.17) is 0 Å². The van der Waals surface area contributed by atoms with E-state index in [9.17, 15) is 13.6 Å². The van der Waals surface area contributed by atoms with E-state index in [2.05, 4.69) is 10.6 Å². The Labute approximate surface area is 151 Å². The van der Waals surface area contributed by atoms with Crippen LogP contribution in [0, 0.1) is 11.6 Å². The molecule has 4 rings (SSSR count). The van der Waals surface area contributed by atoms with E-state index in [-0.39, 0.29) is 23.2 Å². The van der Waals surface area contributed by atoms with Crippen molar-refractivity contribution < 1.29 is 13.6 Å². The minimum absolute atomic E-state index is 0.200. The summed E-state index contributed by atoms with van der Waals surface area (Å²) in [6, 6.07) is 9.64. The van der Waals surface area contributed by atoms with Gasteiger partial charge in [-0.25, -0.2) is 8.78 Å². The van der Waals surface area contributed by atoms with E-state index in [0.29, 0.717) is 31.4 Å². The fourth-order valence-corrected chi connectivity index (χ4v) is 4.27. The second-order valence-corrected chi connectivity index (χ2v) is 7.24. The molecular weight excluding hydrogens is 334 g/mol. The highest BCUT2D eigenvalue weighted by Crippen LogP contribution is 2.42. The van der Waals surface area contributed by atoms with Gasteiger partial charge in [0.25, 0.3) is 0 Å². The largest absolute Gasteiger partial charge is 0.323 e. The third kappa shape index (κ3) is 2.90. The molecule has 0 radical (unpaired) electrons. The summed E-state index contributed by atoms with van der Waals surface area (Å²) >= 11 is 0. The van der Waals surface area contributed by atoms with Crippen molar-refractivity contribution in [3.63, 3.8) is 0 Å². The minimum atomic E-state index is -0.711. The van der Waals surface area contributed by atoms with E-state index < -0.39 is 5.41 Å². The van der Waals surface area contributed by atoms with Gasteiger partial charge in [-0.15, -0.1) is 0 Å². The van der Waals surface area contributed by atoms with Gasteiger partial charge in [-0.3, -0.25) is 4.79 Å². The standard InChI is InChI=1S/C21H22F2N2O/c22-16-6-4-15(5-7-16)21(10-1-2-11-21)20(26)25-18-8-3-14-13-24-12-9-17(14)19(18)23/h3-8,24H,1-2,9-13H2,(H,25,26). The zero-order chi connectivity index (χ0) is 18.1. The van der Waals surface area contributed by atoms with E-state index in [1.807, 2.05) is 6.07 Å². The topological polar surface area (TPSA) is 41.1 Å². The third-order valence-corrected chi connectivity index (χ3v) is 5.74. The van der Waals surface area contributed by atoms with Crippen LogP contribution in [0.4, 0.5) is 14.5 Å². The fraction of sp³-hybridized carbons (Fsp3) is 0.381. The molecule has 3 nitrogen and oxygen atoms in total. The zero-order valence-corrected chi connectivity index (χ0v) is 14.6. The second-order valence-electron chi connectivity index (χ2n) is 7.24. The number of fused-ring (bicyclic) bond motifs is 1.